The number of carbonyl (C=O) groups is 1. The normalized spacial score (nSPS) is 20.4. The van der Waals surface area contributed by atoms with Crippen LogP contribution in [0.25, 0.3) is 0 Å². The first-order valence-corrected chi connectivity index (χ1v) is 8.64. The Morgan fingerprint density at radius 3 is 2.10 bits per heavy atom. The van der Waals surface area contributed by atoms with Gasteiger partial charge in [-0.15, -0.1) is 0 Å². The maximum Gasteiger partial charge on any atom is 0.237 e. The van der Waals surface area contributed by atoms with Crippen LogP contribution in [0.3, 0.4) is 0 Å². The van der Waals surface area contributed by atoms with Crippen molar-refractivity contribution < 1.29 is 4.79 Å². The highest BCUT2D eigenvalue weighted by molar-refractivity contribution is 5.81. The second-order valence-corrected chi connectivity index (χ2v) is 6.45. The zero-order chi connectivity index (χ0) is 15.0. The minimum absolute atomic E-state index is 0.0890. The van der Waals surface area contributed by atoms with Gasteiger partial charge in [-0.3, -0.25) is 4.79 Å². The molecule has 0 heterocycles. The Balaban J connectivity index is 2.39. The molecular formula is C17H34N2O. The molecule has 0 bridgehead atoms. The zero-order valence-electron chi connectivity index (χ0n) is 13.9. The maximum atomic E-state index is 12.2. The highest BCUT2D eigenvalue weighted by Crippen LogP contribution is 2.25. The van der Waals surface area contributed by atoms with E-state index >= 15 is 0 Å². The SMILES string of the molecule is CCC(CC)NC(=O)C(C)N[C@H](C)C1CCCCCC1. The van der Waals surface area contributed by atoms with Crippen molar-refractivity contribution >= 4 is 5.91 Å². The average Bonchev–Trinajstić information content (AvgIpc) is 2.73. The molecule has 1 unspecified atom stereocenters. The van der Waals surface area contributed by atoms with Crippen LogP contribution in [-0.4, -0.2) is 24.0 Å². The number of nitrogens with one attached hydrogen (secondary N) is 2. The molecule has 3 heteroatoms. The average molecular weight is 282 g/mol. The Kier molecular flexibility index (Phi) is 8.20. The molecule has 0 spiro atoms. The van der Waals surface area contributed by atoms with Gasteiger partial charge in [0, 0.05) is 12.1 Å². The summed E-state index contributed by atoms with van der Waals surface area (Å²) in [6.45, 7) is 8.49. The van der Waals surface area contributed by atoms with E-state index in [-0.39, 0.29) is 11.9 Å². The van der Waals surface area contributed by atoms with Gasteiger partial charge >= 0.3 is 0 Å². The molecule has 0 aromatic carbocycles. The van der Waals surface area contributed by atoms with Crippen molar-refractivity contribution in [2.45, 2.75) is 97.2 Å². The second kappa shape index (κ2) is 9.38. The molecule has 1 fully saturated rings. The number of amides is 1. The van der Waals surface area contributed by atoms with Crippen molar-refractivity contribution in [3.8, 4) is 0 Å². The van der Waals surface area contributed by atoms with E-state index in [0.29, 0.717) is 12.1 Å². The number of carbonyl (C=O) groups excluding carboxylic acids is 1. The summed E-state index contributed by atoms with van der Waals surface area (Å²) in [6, 6.07) is 0.671. The van der Waals surface area contributed by atoms with Crippen molar-refractivity contribution in [3.63, 3.8) is 0 Å². The third kappa shape index (κ3) is 5.82. The molecule has 1 rings (SSSR count). The van der Waals surface area contributed by atoms with Crippen molar-refractivity contribution in [1.29, 1.82) is 0 Å². The number of hydrogen-bond acceptors (Lipinski definition) is 2. The molecule has 0 saturated heterocycles. The molecule has 0 radical (unpaired) electrons. The van der Waals surface area contributed by atoms with Gasteiger partial charge in [-0.1, -0.05) is 39.5 Å². The maximum absolute atomic E-state index is 12.2. The first-order chi connectivity index (χ1) is 9.58. The Hall–Kier alpha value is -0.570. The van der Waals surface area contributed by atoms with Crippen molar-refractivity contribution in [1.82, 2.24) is 10.6 Å². The molecule has 3 nitrogen and oxygen atoms in total. The lowest BCUT2D eigenvalue weighted by molar-refractivity contribution is -0.123. The van der Waals surface area contributed by atoms with Crippen LogP contribution in [-0.2, 0) is 4.79 Å². The Bertz CT molecular complexity index is 268. The van der Waals surface area contributed by atoms with E-state index in [1.165, 1.54) is 38.5 Å². The quantitative estimate of drug-likeness (QED) is 0.700. The molecule has 0 aliphatic heterocycles. The molecule has 20 heavy (non-hydrogen) atoms. The van der Waals surface area contributed by atoms with E-state index in [1.54, 1.807) is 0 Å². The van der Waals surface area contributed by atoms with Crippen LogP contribution >= 0.6 is 0 Å². The van der Waals surface area contributed by atoms with E-state index in [9.17, 15) is 4.79 Å². The second-order valence-electron chi connectivity index (χ2n) is 6.45. The fourth-order valence-electron chi connectivity index (χ4n) is 3.24. The van der Waals surface area contributed by atoms with Crippen LogP contribution in [0.1, 0.15) is 79.1 Å². The molecule has 118 valence electrons. The third-order valence-electron chi connectivity index (χ3n) is 4.85. The summed E-state index contributed by atoms with van der Waals surface area (Å²) >= 11 is 0. The van der Waals surface area contributed by atoms with Gasteiger partial charge in [0.1, 0.15) is 0 Å². The Labute approximate surface area is 125 Å². The fraction of sp³-hybridized carbons (Fsp3) is 0.941. The lowest BCUT2D eigenvalue weighted by atomic mass is 9.92. The predicted octanol–water partition coefficient (Wildman–Crippen LogP) is 3.63. The molecule has 1 aliphatic carbocycles. The van der Waals surface area contributed by atoms with Gasteiger partial charge in [-0.2, -0.15) is 0 Å². The van der Waals surface area contributed by atoms with Gasteiger partial charge in [0.2, 0.25) is 5.91 Å². The van der Waals surface area contributed by atoms with Gasteiger partial charge in [0.15, 0.2) is 0 Å². The topological polar surface area (TPSA) is 41.1 Å². The summed E-state index contributed by atoms with van der Waals surface area (Å²) in [7, 11) is 0. The first kappa shape index (κ1) is 17.5. The zero-order valence-corrected chi connectivity index (χ0v) is 13.9. The van der Waals surface area contributed by atoms with Crippen molar-refractivity contribution in [2.24, 2.45) is 5.92 Å². The van der Waals surface area contributed by atoms with Crippen LogP contribution in [0.5, 0.6) is 0 Å². The minimum atomic E-state index is -0.0890. The monoisotopic (exact) mass is 282 g/mol. The highest BCUT2D eigenvalue weighted by Gasteiger charge is 2.23. The summed E-state index contributed by atoms with van der Waals surface area (Å²) < 4.78 is 0. The Morgan fingerprint density at radius 2 is 1.60 bits per heavy atom. The van der Waals surface area contributed by atoms with E-state index in [4.69, 9.17) is 0 Å². The lowest BCUT2D eigenvalue weighted by Crippen LogP contribution is -2.50. The smallest absolute Gasteiger partial charge is 0.237 e. The number of hydrogen-bond donors (Lipinski definition) is 2. The lowest BCUT2D eigenvalue weighted by Gasteiger charge is -2.27. The van der Waals surface area contributed by atoms with E-state index in [2.05, 4.69) is 31.4 Å². The summed E-state index contributed by atoms with van der Waals surface area (Å²) in [6.07, 6.45) is 10.1. The summed E-state index contributed by atoms with van der Waals surface area (Å²) in [5, 5.41) is 6.65. The highest BCUT2D eigenvalue weighted by atomic mass is 16.2. The molecule has 2 atom stereocenters. The van der Waals surface area contributed by atoms with Gasteiger partial charge < -0.3 is 10.6 Å². The molecule has 1 saturated carbocycles. The van der Waals surface area contributed by atoms with E-state index in [0.717, 1.165) is 18.8 Å². The van der Waals surface area contributed by atoms with Gasteiger partial charge in [-0.05, 0) is 45.4 Å². The van der Waals surface area contributed by atoms with Crippen LogP contribution in [0.15, 0.2) is 0 Å². The molecule has 0 aromatic heterocycles. The van der Waals surface area contributed by atoms with Crippen LogP contribution in [0.4, 0.5) is 0 Å². The largest absolute Gasteiger partial charge is 0.352 e. The summed E-state index contributed by atoms with van der Waals surface area (Å²) in [4.78, 5) is 12.2. The van der Waals surface area contributed by atoms with Gasteiger partial charge in [0.05, 0.1) is 6.04 Å². The van der Waals surface area contributed by atoms with Crippen LogP contribution in [0, 0.1) is 5.92 Å². The van der Waals surface area contributed by atoms with Crippen molar-refractivity contribution in [2.75, 3.05) is 0 Å². The first-order valence-electron chi connectivity index (χ1n) is 8.64. The molecule has 0 aromatic rings. The molecule has 1 amide bonds. The van der Waals surface area contributed by atoms with Crippen LogP contribution < -0.4 is 10.6 Å². The molecule has 2 N–H and O–H groups in total. The summed E-state index contributed by atoms with van der Waals surface area (Å²) in [5.74, 6) is 0.889. The minimum Gasteiger partial charge on any atom is -0.352 e. The standard InChI is InChI=1S/C17H34N2O/c1-5-16(6-2)19-17(20)14(4)18-13(3)15-11-9-7-8-10-12-15/h13-16,18H,5-12H2,1-4H3,(H,19,20)/t13-,14?/m1/s1. The number of rotatable bonds is 7. The predicted molar refractivity (Wildman–Crippen MR) is 85.8 cm³/mol. The molecule has 1 aliphatic rings. The van der Waals surface area contributed by atoms with Gasteiger partial charge in [-0.25, -0.2) is 0 Å². The Morgan fingerprint density at radius 1 is 1.05 bits per heavy atom. The van der Waals surface area contributed by atoms with Gasteiger partial charge in [0.25, 0.3) is 0 Å². The van der Waals surface area contributed by atoms with E-state index < -0.39 is 0 Å². The van der Waals surface area contributed by atoms with Crippen LogP contribution in [0.2, 0.25) is 0 Å². The van der Waals surface area contributed by atoms with E-state index in [1.807, 2.05) is 6.92 Å². The third-order valence-corrected chi connectivity index (χ3v) is 4.85. The fourth-order valence-corrected chi connectivity index (χ4v) is 3.24. The van der Waals surface area contributed by atoms with Crippen molar-refractivity contribution in [3.05, 3.63) is 0 Å². The summed E-state index contributed by atoms with van der Waals surface area (Å²) in [5.41, 5.74) is 0. The molecular weight excluding hydrogens is 248 g/mol.